The van der Waals surface area contributed by atoms with E-state index in [2.05, 4.69) is 20.1 Å². The Morgan fingerprint density at radius 2 is 1.74 bits per heavy atom. The van der Waals surface area contributed by atoms with Crippen molar-refractivity contribution in [3.05, 3.63) is 60.6 Å². The number of ether oxygens (including phenoxy) is 1. The van der Waals surface area contributed by atoms with Crippen molar-refractivity contribution in [1.29, 1.82) is 0 Å². The third kappa shape index (κ3) is 3.62. The molecular weight excluding hydrogens is 342 g/mol. The van der Waals surface area contributed by atoms with Gasteiger partial charge in [-0.05, 0) is 42.5 Å². The Labute approximate surface area is 157 Å². The number of benzene rings is 1. The number of piperazine rings is 1. The summed E-state index contributed by atoms with van der Waals surface area (Å²) in [6.45, 7) is 2.94. The number of hydrogen-bond acceptors (Lipinski definition) is 5. The van der Waals surface area contributed by atoms with Crippen molar-refractivity contribution in [2.24, 2.45) is 0 Å². The molecule has 0 spiro atoms. The predicted octanol–water partition coefficient (Wildman–Crippen LogP) is 2.44. The molecule has 0 bridgehead atoms. The minimum atomic E-state index is -0.0165. The molecule has 1 saturated heterocycles. The number of carbonyl (C=O) groups excluding carboxylic acids is 1. The zero-order chi connectivity index (χ0) is 18.6. The quantitative estimate of drug-likeness (QED) is 0.771. The second kappa shape index (κ2) is 7.49. The number of H-pyrrole nitrogens is 1. The van der Waals surface area contributed by atoms with Crippen molar-refractivity contribution in [2.45, 2.75) is 0 Å². The van der Waals surface area contributed by atoms with Gasteiger partial charge >= 0.3 is 0 Å². The van der Waals surface area contributed by atoms with Crippen LogP contribution in [0.1, 0.15) is 10.5 Å². The normalized spacial score (nSPS) is 14.3. The molecular formula is C20H21N5O2. The molecule has 1 N–H and O–H groups in total. The van der Waals surface area contributed by atoms with E-state index in [1.807, 2.05) is 41.3 Å². The van der Waals surface area contributed by atoms with Gasteiger partial charge in [0.1, 0.15) is 11.4 Å². The molecule has 1 fully saturated rings. The Bertz CT molecular complexity index is 900. The van der Waals surface area contributed by atoms with Gasteiger partial charge in [-0.25, -0.2) is 0 Å². The van der Waals surface area contributed by atoms with Crippen LogP contribution in [0.15, 0.2) is 54.9 Å². The van der Waals surface area contributed by atoms with Crippen molar-refractivity contribution in [1.82, 2.24) is 20.1 Å². The molecule has 1 aliphatic rings. The van der Waals surface area contributed by atoms with Gasteiger partial charge in [-0.15, -0.1) is 0 Å². The summed E-state index contributed by atoms with van der Waals surface area (Å²) in [5.41, 5.74) is 3.34. The molecule has 4 rings (SSSR count). The minimum Gasteiger partial charge on any atom is -0.497 e. The van der Waals surface area contributed by atoms with Crippen LogP contribution >= 0.6 is 0 Å². The van der Waals surface area contributed by atoms with Crippen LogP contribution in [0.2, 0.25) is 0 Å². The maximum absolute atomic E-state index is 12.8. The van der Waals surface area contributed by atoms with E-state index < -0.39 is 0 Å². The number of pyridine rings is 1. The summed E-state index contributed by atoms with van der Waals surface area (Å²) in [4.78, 5) is 20.9. The first kappa shape index (κ1) is 17.1. The highest BCUT2D eigenvalue weighted by Gasteiger charge is 2.23. The van der Waals surface area contributed by atoms with Crippen LogP contribution in [0.5, 0.6) is 5.75 Å². The van der Waals surface area contributed by atoms with Gasteiger partial charge in [-0.1, -0.05) is 0 Å². The van der Waals surface area contributed by atoms with Crippen LogP contribution in [0.25, 0.3) is 11.3 Å². The van der Waals surface area contributed by atoms with E-state index in [0.717, 1.165) is 35.8 Å². The van der Waals surface area contributed by atoms with Crippen molar-refractivity contribution in [2.75, 3.05) is 38.2 Å². The highest BCUT2D eigenvalue weighted by molar-refractivity contribution is 5.93. The molecule has 1 aromatic carbocycles. The fourth-order valence-electron chi connectivity index (χ4n) is 3.23. The van der Waals surface area contributed by atoms with Crippen molar-refractivity contribution >= 4 is 11.6 Å². The van der Waals surface area contributed by atoms with E-state index in [1.165, 1.54) is 0 Å². The Morgan fingerprint density at radius 1 is 1.04 bits per heavy atom. The number of hydrogen-bond donors (Lipinski definition) is 1. The molecule has 138 valence electrons. The summed E-state index contributed by atoms with van der Waals surface area (Å²) < 4.78 is 5.20. The molecule has 1 amide bonds. The summed E-state index contributed by atoms with van der Waals surface area (Å²) in [6, 6.07) is 13.6. The molecule has 3 heterocycles. The van der Waals surface area contributed by atoms with E-state index in [1.54, 1.807) is 25.6 Å². The topological polar surface area (TPSA) is 74.3 Å². The van der Waals surface area contributed by atoms with Gasteiger partial charge in [0.15, 0.2) is 0 Å². The Kier molecular flexibility index (Phi) is 4.74. The SMILES string of the molecule is COc1ccc(N2CCN(C(=O)c3cc(-c4ccncc4)n[nH]3)CC2)cc1. The second-order valence-electron chi connectivity index (χ2n) is 6.38. The zero-order valence-corrected chi connectivity index (χ0v) is 15.1. The fraction of sp³-hybridized carbons (Fsp3) is 0.250. The highest BCUT2D eigenvalue weighted by atomic mass is 16.5. The van der Waals surface area contributed by atoms with Gasteiger partial charge in [0.2, 0.25) is 0 Å². The van der Waals surface area contributed by atoms with E-state index in [4.69, 9.17) is 4.74 Å². The summed E-state index contributed by atoms with van der Waals surface area (Å²) in [6.07, 6.45) is 3.42. The Hall–Kier alpha value is -3.35. The highest BCUT2D eigenvalue weighted by Crippen LogP contribution is 2.22. The number of carbonyl (C=O) groups is 1. The summed E-state index contributed by atoms with van der Waals surface area (Å²) in [7, 11) is 1.66. The molecule has 0 unspecified atom stereocenters. The second-order valence-corrected chi connectivity index (χ2v) is 6.38. The van der Waals surface area contributed by atoms with Crippen LogP contribution in [-0.4, -0.2) is 59.3 Å². The fourth-order valence-corrected chi connectivity index (χ4v) is 3.23. The van der Waals surface area contributed by atoms with Crippen LogP contribution in [-0.2, 0) is 0 Å². The maximum Gasteiger partial charge on any atom is 0.272 e. The first-order valence-corrected chi connectivity index (χ1v) is 8.88. The standard InChI is InChI=1S/C20H21N5O2/c1-27-17-4-2-16(3-5-17)24-10-12-25(13-11-24)20(26)19-14-18(22-23-19)15-6-8-21-9-7-15/h2-9,14H,10-13H2,1H3,(H,22,23). The molecule has 0 aliphatic carbocycles. The lowest BCUT2D eigenvalue weighted by atomic mass is 10.2. The smallest absolute Gasteiger partial charge is 0.272 e. The lowest BCUT2D eigenvalue weighted by Crippen LogP contribution is -2.48. The lowest BCUT2D eigenvalue weighted by Gasteiger charge is -2.35. The number of nitrogens with one attached hydrogen (secondary N) is 1. The average Bonchev–Trinajstić information content (AvgIpc) is 3.24. The van der Waals surface area contributed by atoms with Crippen LogP contribution < -0.4 is 9.64 Å². The van der Waals surface area contributed by atoms with Crippen LogP contribution in [0.4, 0.5) is 5.69 Å². The van der Waals surface area contributed by atoms with E-state index in [9.17, 15) is 4.79 Å². The molecule has 0 saturated carbocycles. The molecule has 0 atom stereocenters. The van der Waals surface area contributed by atoms with Crippen LogP contribution in [0.3, 0.4) is 0 Å². The maximum atomic E-state index is 12.8. The molecule has 1 aliphatic heterocycles. The zero-order valence-electron chi connectivity index (χ0n) is 15.1. The Balaban J connectivity index is 1.39. The number of amides is 1. The molecule has 27 heavy (non-hydrogen) atoms. The van der Waals surface area contributed by atoms with Gasteiger partial charge in [-0.3, -0.25) is 14.9 Å². The Morgan fingerprint density at radius 3 is 2.41 bits per heavy atom. The molecule has 7 heteroatoms. The number of rotatable bonds is 4. The molecule has 2 aromatic heterocycles. The van der Waals surface area contributed by atoms with Crippen LogP contribution in [0, 0.1) is 0 Å². The lowest BCUT2D eigenvalue weighted by molar-refractivity contribution is 0.0741. The molecule has 0 radical (unpaired) electrons. The van der Waals surface area contributed by atoms with E-state index in [0.29, 0.717) is 18.8 Å². The monoisotopic (exact) mass is 363 g/mol. The van der Waals surface area contributed by atoms with Crippen molar-refractivity contribution in [3.63, 3.8) is 0 Å². The molecule has 3 aromatic rings. The van der Waals surface area contributed by atoms with Crippen molar-refractivity contribution < 1.29 is 9.53 Å². The predicted molar refractivity (Wildman–Crippen MR) is 103 cm³/mol. The first-order valence-electron chi connectivity index (χ1n) is 8.88. The number of aromatic nitrogens is 3. The van der Waals surface area contributed by atoms with Gasteiger partial charge in [0.25, 0.3) is 5.91 Å². The average molecular weight is 363 g/mol. The number of methoxy groups -OCH3 is 1. The largest absolute Gasteiger partial charge is 0.497 e. The third-order valence-electron chi connectivity index (χ3n) is 4.79. The van der Waals surface area contributed by atoms with Gasteiger partial charge in [-0.2, -0.15) is 5.10 Å². The summed E-state index contributed by atoms with van der Waals surface area (Å²) >= 11 is 0. The van der Waals surface area contributed by atoms with Crippen molar-refractivity contribution in [3.8, 4) is 17.0 Å². The summed E-state index contributed by atoms with van der Waals surface area (Å²) in [5.74, 6) is 0.828. The number of anilines is 1. The van der Waals surface area contributed by atoms with Gasteiger partial charge in [0.05, 0.1) is 12.8 Å². The van der Waals surface area contributed by atoms with Gasteiger partial charge < -0.3 is 14.5 Å². The number of aromatic amines is 1. The van der Waals surface area contributed by atoms with E-state index >= 15 is 0 Å². The first-order chi connectivity index (χ1) is 13.2. The third-order valence-corrected chi connectivity index (χ3v) is 4.79. The van der Waals surface area contributed by atoms with E-state index in [-0.39, 0.29) is 5.91 Å². The molecule has 7 nitrogen and oxygen atoms in total. The summed E-state index contributed by atoms with van der Waals surface area (Å²) in [5, 5.41) is 7.13. The number of nitrogens with zero attached hydrogens (tertiary/aromatic N) is 4. The minimum absolute atomic E-state index is 0.0165. The van der Waals surface area contributed by atoms with Gasteiger partial charge in [0, 0.05) is 49.8 Å².